The van der Waals surface area contributed by atoms with E-state index in [-0.39, 0.29) is 29.5 Å². The first kappa shape index (κ1) is 17.4. The summed E-state index contributed by atoms with van der Waals surface area (Å²) in [5.74, 6) is -0.655. The average molecular weight is 350 g/mol. The highest BCUT2D eigenvalue weighted by molar-refractivity contribution is 6.22. The van der Waals surface area contributed by atoms with Crippen LogP contribution in [0.4, 0.5) is 5.69 Å². The molecule has 2 aromatic rings. The van der Waals surface area contributed by atoms with Gasteiger partial charge in [0.05, 0.1) is 23.9 Å². The number of hydrogen-bond acceptors (Lipinski definition) is 4. The van der Waals surface area contributed by atoms with Gasteiger partial charge in [-0.3, -0.25) is 19.3 Å². The zero-order valence-electron chi connectivity index (χ0n) is 14.5. The largest absolute Gasteiger partial charge is 0.495 e. The van der Waals surface area contributed by atoms with Crippen LogP contribution >= 0.6 is 0 Å². The molecule has 26 heavy (non-hydrogen) atoms. The highest BCUT2D eigenvalue weighted by Crippen LogP contribution is 2.27. The van der Waals surface area contributed by atoms with Crippen LogP contribution in [0.5, 0.6) is 5.75 Å². The van der Waals surface area contributed by atoms with Crippen LogP contribution in [-0.4, -0.2) is 36.3 Å². The molecule has 0 fully saturated rings. The van der Waals surface area contributed by atoms with E-state index in [1.165, 1.54) is 31.4 Å². The highest BCUT2D eigenvalue weighted by Gasteiger charge is 2.35. The van der Waals surface area contributed by atoms with Gasteiger partial charge in [-0.05, 0) is 42.8 Å². The van der Waals surface area contributed by atoms with Gasteiger partial charge in [0.15, 0.2) is 0 Å². The molecule has 2 aromatic carbocycles. The van der Waals surface area contributed by atoms with Gasteiger partial charge in [0.1, 0.15) is 5.75 Å². The van der Waals surface area contributed by atoms with Crippen LogP contribution in [0.25, 0.3) is 0 Å². The third-order valence-corrected chi connectivity index (χ3v) is 4.15. The summed E-state index contributed by atoms with van der Waals surface area (Å²) in [6, 6.07) is 9.91. The minimum atomic E-state index is -0.423. The number of hydrogen-bond donors (Lipinski definition) is 1. The van der Waals surface area contributed by atoms with Crippen molar-refractivity contribution in [3.63, 3.8) is 0 Å². The average Bonchev–Trinajstić information content (AvgIpc) is 2.87. The van der Waals surface area contributed by atoms with Crippen molar-refractivity contribution in [1.29, 1.82) is 0 Å². The number of amides is 3. The normalized spacial score (nSPS) is 12.8. The Labute approximate surface area is 151 Å². The highest BCUT2D eigenvalue weighted by atomic mass is 16.5. The van der Waals surface area contributed by atoms with Crippen molar-refractivity contribution in [2.75, 3.05) is 19.0 Å². The summed E-state index contributed by atoms with van der Waals surface area (Å²) < 4.78 is 5.25. The van der Waals surface area contributed by atoms with E-state index >= 15 is 0 Å². The van der Waals surface area contributed by atoms with Crippen molar-refractivity contribution in [3.05, 3.63) is 71.3 Å². The molecule has 0 spiro atoms. The first-order valence-electron chi connectivity index (χ1n) is 8.03. The lowest BCUT2D eigenvalue weighted by atomic mass is 10.1. The molecule has 1 aliphatic rings. The third-order valence-electron chi connectivity index (χ3n) is 4.15. The molecule has 0 aromatic heterocycles. The van der Waals surface area contributed by atoms with Crippen LogP contribution in [-0.2, 0) is 0 Å². The molecular formula is C20H18N2O4. The number of fused-ring (bicyclic) bond motifs is 1. The fourth-order valence-electron chi connectivity index (χ4n) is 2.84. The number of rotatable bonds is 5. The van der Waals surface area contributed by atoms with E-state index in [0.717, 1.165) is 10.5 Å². The Bertz CT molecular complexity index is 933. The molecule has 1 aliphatic heterocycles. The molecule has 0 bridgehead atoms. The number of anilines is 1. The van der Waals surface area contributed by atoms with E-state index in [2.05, 4.69) is 11.9 Å². The van der Waals surface area contributed by atoms with Gasteiger partial charge in [0.25, 0.3) is 17.7 Å². The van der Waals surface area contributed by atoms with Gasteiger partial charge in [-0.1, -0.05) is 12.1 Å². The minimum absolute atomic E-state index is 0.133. The topological polar surface area (TPSA) is 75.7 Å². The summed E-state index contributed by atoms with van der Waals surface area (Å²) in [6.45, 7) is 5.59. The van der Waals surface area contributed by atoms with Crippen molar-refractivity contribution in [2.45, 2.75) is 6.92 Å². The maximum Gasteiger partial charge on any atom is 0.261 e. The quantitative estimate of drug-likeness (QED) is 0.664. The molecule has 1 N–H and O–H groups in total. The van der Waals surface area contributed by atoms with Crippen LogP contribution < -0.4 is 10.1 Å². The van der Waals surface area contributed by atoms with Crippen LogP contribution in [0.3, 0.4) is 0 Å². The molecule has 0 atom stereocenters. The maximum absolute atomic E-state index is 12.6. The fraction of sp³-hybridized carbons (Fsp3) is 0.150. The SMILES string of the molecule is C=CCN1C(=O)c2ccc(C(=O)Nc3cc(C)ccc3OC)cc2C1=O. The van der Waals surface area contributed by atoms with E-state index in [9.17, 15) is 14.4 Å². The van der Waals surface area contributed by atoms with E-state index in [1.807, 2.05) is 13.0 Å². The lowest BCUT2D eigenvalue weighted by molar-refractivity contribution is 0.0672. The molecule has 3 rings (SSSR count). The predicted octanol–water partition coefficient (Wildman–Crippen LogP) is 3.04. The monoisotopic (exact) mass is 350 g/mol. The lowest BCUT2D eigenvalue weighted by Gasteiger charge is -2.11. The van der Waals surface area contributed by atoms with E-state index < -0.39 is 5.91 Å². The van der Waals surface area contributed by atoms with Crippen molar-refractivity contribution < 1.29 is 19.1 Å². The van der Waals surface area contributed by atoms with Crippen LogP contribution in [0.1, 0.15) is 36.6 Å². The summed E-state index contributed by atoms with van der Waals surface area (Å²) in [5.41, 5.74) is 2.31. The fourth-order valence-corrected chi connectivity index (χ4v) is 2.84. The minimum Gasteiger partial charge on any atom is -0.495 e. The second-order valence-corrected chi connectivity index (χ2v) is 5.93. The van der Waals surface area contributed by atoms with E-state index in [1.54, 1.807) is 12.1 Å². The van der Waals surface area contributed by atoms with Gasteiger partial charge in [0, 0.05) is 12.1 Å². The number of carbonyl (C=O) groups is 3. The molecule has 0 saturated carbocycles. The number of ether oxygens (including phenoxy) is 1. The third kappa shape index (κ3) is 2.97. The Kier molecular flexibility index (Phi) is 4.58. The lowest BCUT2D eigenvalue weighted by Crippen LogP contribution is -2.29. The molecule has 0 radical (unpaired) electrons. The van der Waals surface area contributed by atoms with Gasteiger partial charge < -0.3 is 10.1 Å². The molecule has 0 unspecified atom stereocenters. The van der Waals surface area contributed by atoms with Gasteiger partial charge in [-0.15, -0.1) is 6.58 Å². The second kappa shape index (κ2) is 6.84. The molecule has 3 amide bonds. The standard InChI is InChI=1S/C20H18N2O4/c1-4-9-22-19(24)14-7-6-13(11-15(14)20(22)25)18(23)21-16-10-12(2)5-8-17(16)26-3/h4-8,10-11H,1,9H2,2-3H3,(H,21,23). The molecule has 6 nitrogen and oxygen atoms in total. The van der Waals surface area contributed by atoms with E-state index in [4.69, 9.17) is 4.74 Å². The summed E-state index contributed by atoms with van der Waals surface area (Å²) in [4.78, 5) is 38.3. The molecule has 6 heteroatoms. The maximum atomic E-state index is 12.6. The van der Waals surface area contributed by atoms with Crippen LogP contribution in [0.2, 0.25) is 0 Å². The number of nitrogens with one attached hydrogen (secondary N) is 1. The van der Waals surface area contributed by atoms with Crippen molar-refractivity contribution in [3.8, 4) is 5.75 Å². The predicted molar refractivity (Wildman–Crippen MR) is 97.7 cm³/mol. The zero-order chi connectivity index (χ0) is 18.8. The number of carbonyl (C=O) groups excluding carboxylic acids is 3. The van der Waals surface area contributed by atoms with Crippen LogP contribution in [0, 0.1) is 6.92 Å². The molecule has 132 valence electrons. The first-order valence-corrected chi connectivity index (χ1v) is 8.03. The Hall–Kier alpha value is -3.41. The first-order chi connectivity index (χ1) is 12.5. The number of methoxy groups -OCH3 is 1. The number of aryl methyl sites for hydroxylation is 1. The molecular weight excluding hydrogens is 332 g/mol. The number of nitrogens with zero attached hydrogens (tertiary/aromatic N) is 1. The van der Waals surface area contributed by atoms with Crippen LogP contribution in [0.15, 0.2) is 49.1 Å². The van der Waals surface area contributed by atoms with Gasteiger partial charge in [-0.25, -0.2) is 0 Å². The summed E-state index contributed by atoms with van der Waals surface area (Å²) in [5, 5.41) is 2.78. The Morgan fingerprint density at radius 2 is 1.88 bits per heavy atom. The van der Waals surface area contributed by atoms with Gasteiger partial charge in [0.2, 0.25) is 0 Å². The smallest absolute Gasteiger partial charge is 0.261 e. The number of imide groups is 1. The summed E-state index contributed by atoms with van der Waals surface area (Å²) in [6.07, 6.45) is 1.49. The summed E-state index contributed by atoms with van der Waals surface area (Å²) in [7, 11) is 1.52. The van der Waals surface area contributed by atoms with Crippen molar-refractivity contribution in [1.82, 2.24) is 4.90 Å². The number of benzene rings is 2. The Balaban J connectivity index is 1.90. The molecule has 1 heterocycles. The van der Waals surface area contributed by atoms with Gasteiger partial charge >= 0.3 is 0 Å². The second-order valence-electron chi connectivity index (χ2n) is 5.93. The Morgan fingerprint density at radius 1 is 1.15 bits per heavy atom. The van der Waals surface area contributed by atoms with Crippen molar-refractivity contribution in [2.24, 2.45) is 0 Å². The Morgan fingerprint density at radius 3 is 2.58 bits per heavy atom. The van der Waals surface area contributed by atoms with E-state index in [0.29, 0.717) is 17.0 Å². The van der Waals surface area contributed by atoms with Gasteiger partial charge in [-0.2, -0.15) is 0 Å². The molecule has 0 aliphatic carbocycles. The van der Waals surface area contributed by atoms with Crippen molar-refractivity contribution >= 4 is 23.4 Å². The molecule has 0 saturated heterocycles. The zero-order valence-corrected chi connectivity index (χ0v) is 14.5. The summed E-state index contributed by atoms with van der Waals surface area (Å²) >= 11 is 0.